The van der Waals surface area contributed by atoms with Crippen molar-refractivity contribution in [3.63, 3.8) is 0 Å². The molecular weight excluding hydrogens is 273 g/mol. The smallest absolute Gasteiger partial charge is 0.304 e. The fourth-order valence-electron chi connectivity index (χ4n) is 1.62. The second-order valence-corrected chi connectivity index (χ2v) is 5.98. The summed E-state index contributed by atoms with van der Waals surface area (Å²) in [4.78, 5) is 10.1. The van der Waals surface area contributed by atoms with Gasteiger partial charge >= 0.3 is 5.97 Å². The molecule has 1 rings (SSSR count). The third kappa shape index (κ3) is 3.74. The number of aliphatic carboxylic acids is 1. The molecule has 0 saturated heterocycles. The summed E-state index contributed by atoms with van der Waals surface area (Å²) >= 11 is 0. The Labute approximate surface area is 111 Å². The maximum atomic E-state index is 13.6. The minimum Gasteiger partial charge on any atom is -0.481 e. The van der Waals surface area contributed by atoms with Crippen molar-refractivity contribution in [2.75, 3.05) is 13.1 Å². The van der Waals surface area contributed by atoms with Crippen LogP contribution in [0.1, 0.15) is 18.9 Å². The van der Waals surface area contributed by atoms with E-state index in [0.29, 0.717) is 5.56 Å². The average Bonchev–Trinajstić information content (AvgIpc) is 2.32. The first kappa shape index (κ1) is 15.6. The molecule has 0 spiro atoms. The molecule has 0 atom stereocenters. The molecule has 0 radical (unpaired) electrons. The Morgan fingerprint density at radius 2 is 2.05 bits per heavy atom. The quantitative estimate of drug-likeness (QED) is 0.863. The lowest BCUT2D eigenvalue weighted by Gasteiger charge is -2.20. The summed E-state index contributed by atoms with van der Waals surface area (Å²) in [6.07, 6.45) is -0.319. The number of hydrogen-bond donors (Lipinski definition) is 1. The van der Waals surface area contributed by atoms with E-state index in [9.17, 15) is 17.6 Å². The molecule has 0 amide bonds. The molecule has 1 N–H and O–H groups in total. The first-order valence-corrected chi connectivity index (χ1v) is 7.21. The van der Waals surface area contributed by atoms with E-state index in [0.717, 1.165) is 10.4 Å². The molecule has 0 fully saturated rings. The SMILES string of the molecule is CCN(CCC(=O)O)S(=O)(=O)c1cc(C)ccc1F. The summed E-state index contributed by atoms with van der Waals surface area (Å²) in [6, 6.07) is 3.81. The van der Waals surface area contributed by atoms with Crippen LogP contribution in [0.3, 0.4) is 0 Å². The highest BCUT2D eigenvalue weighted by molar-refractivity contribution is 7.89. The van der Waals surface area contributed by atoms with Crippen molar-refractivity contribution in [3.05, 3.63) is 29.6 Å². The first-order valence-electron chi connectivity index (χ1n) is 5.77. The maximum absolute atomic E-state index is 13.6. The molecule has 0 bridgehead atoms. The van der Waals surface area contributed by atoms with Crippen LogP contribution in [0.2, 0.25) is 0 Å². The van der Waals surface area contributed by atoms with Crippen molar-refractivity contribution in [3.8, 4) is 0 Å². The van der Waals surface area contributed by atoms with Crippen LogP contribution in [0.15, 0.2) is 23.1 Å². The molecule has 0 aliphatic heterocycles. The van der Waals surface area contributed by atoms with E-state index in [2.05, 4.69) is 0 Å². The molecule has 0 heterocycles. The summed E-state index contributed by atoms with van der Waals surface area (Å²) in [7, 11) is -4.00. The summed E-state index contributed by atoms with van der Waals surface area (Å²) < 4.78 is 39.1. The molecule has 1 aromatic carbocycles. The molecular formula is C12H16FNO4S. The van der Waals surface area contributed by atoms with Gasteiger partial charge in [0.2, 0.25) is 10.0 Å². The third-order valence-corrected chi connectivity index (χ3v) is 4.62. The van der Waals surface area contributed by atoms with Crippen molar-refractivity contribution in [1.82, 2.24) is 4.31 Å². The fraction of sp³-hybridized carbons (Fsp3) is 0.417. The van der Waals surface area contributed by atoms with Crippen molar-refractivity contribution in [2.24, 2.45) is 0 Å². The summed E-state index contributed by atoms with van der Waals surface area (Å²) in [5.41, 5.74) is 0.620. The Morgan fingerprint density at radius 1 is 1.42 bits per heavy atom. The largest absolute Gasteiger partial charge is 0.481 e. The van der Waals surface area contributed by atoms with Gasteiger partial charge in [-0.3, -0.25) is 4.79 Å². The topological polar surface area (TPSA) is 74.7 Å². The van der Waals surface area contributed by atoms with E-state index in [1.54, 1.807) is 13.8 Å². The van der Waals surface area contributed by atoms with Gasteiger partial charge in [-0.15, -0.1) is 0 Å². The number of aryl methyl sites for hydroxylation is 1. The zero-order valence-corrected chi connectivity index (χ0v) is 11.6. The Bertz CT molecular complexity index is 571. The number of halogens is 1. The van der Waals surface area contributed by atoms with Crippen LogP contribution in [-0.2, 0) is 14.8 Å². The Kier molecular flexibility index (Phi) is 5.02. The Hall–Kier alpha value is -1.47. The van der Waals surface area contributed by atoms with Crippen molar-refractivity contribution >= 4 is 16.0 Å². The minimum atomic E-state index is -4.00. The highest BCUT2D eigenvalue weighted by Crippen LogP contribution is 2.20. The van der Waals surface area contributed by atoms with Crippen molar-refractivity contribution in [1.29, 1.82) is 0 Å². The number of hydrogen-bond acceptors (Lipinski definition) is 3. The van der Waals surface area contributed by atoms with Gasteiger partial charge in [-0.2, -0.15) is 4.31 Å². The van der Waals surface area contributed by atoms with Gasteiger partial charge in [-0.05, 0) is 24.6 Å². The summed E-state index contributed by atoms with van der Waals surface area (Å²) in [6.45, 7) is 3.14. The van der Waals surface area contributed by atoms with Gasteiger partial charge in [0, 0.05) is 13.1 Å². The standard InChI is InChI=1S/C12H16FNO4S/c1-3-14(7-6-12(15)16)19(17,18)11-8-9(2)4-5-10(11)13/h4-5,8H,3,6-7H2,1-2H3,(H,15,16). The fourth-order valence-corrected chi connectivity index (χ4v) is 3.21. The number of carbonyl (C=O) groups is 1. The summed E-state index contributed by atoms with van der Waals surface area (Å²) in [5.74, 6) is -1.93. The predicted molar refractivity (Wildman–Crippen MR) is 67.8 cm³/mol. The molecule has 7 heteroatoms. The van der Waals surface area contributed by atoms with E-state index in [1.165, 1.54) is 12.1 Å². The highest BCUT2D eigenvalue weighted by Gasteiger charge is 2.26. The van der Waals surface area contributed by atoms with Crippen LogP contribution in [0.25, 0.3) is 0 Å². The number of carboxylic acids is 1. The number of benzene rings is 1. The number of carboxylic acid groups (broad SMARTS) is 1. The van der Waals surface area contributed by atoms with Gasteiger partial charge < -0.3 is 5.11 Å². The monoisotopic (exact) mass is 289 g/mol. The van der Waals surface area contributed by atoms with Gasteiger partial charge in [0.05, 0.1) is 6.42 Å². The van der Waals surface area contributed by atoms with Crippen LogP contribution in [0.5, 0.6) is 0 Å². The van der Waals surface area contributed by atoms with Gasteiger partial charge in [0.25, 0.3) is 0 Å². The molecule has 106 valence electrons. The number of nitrogens with zero attached hydrogens (tertiary/aromatic N) is 1. The normalized spacial score (nSPS) is 11.8. The van der Waals surface area contributed by atoms with Gasteiger partial charge in [0.15, 0.2) is 0 Å². The molecule has 1 aromatic rings. The van der Waals surface area contributed by atoms with E-state index in [-0.39, 0.29) is 19.5 Å². The van der Waals surface area contributed by atoms with E-state index >= 15 is 0 Å². The zero-order valence-electron chi connectivity index (χ0n) is 10.8. The van der Waals surface area contributed by atoms with Crippen molar-refractivity contribution < 1.29 is 22.7 Å². The van der Waals surface area contributed by atoms with Crippen LogP contribution in [-0.4, -0.2) is 36.9 Å². The van der Waals surface area contributed by atoms with Crippen LogP contribution < -0.4 is 0 Å². The van der Waals surface area contributed by atoms with E-state index < -0.39 is 26.7 Å². The average molecular weight is 289 g/mol. The van der Waals surface area contributed by atoms with Crippen LogP contribution >= 0.6 is 0 Å². The second kappa shape index (κ2) is 6.12. The van der Waals surface area contributed by atoms with Gasteiger partial charge in [-0.25, -0.2) is 12.8 Å². The van der Waals surface area contributed by atoms with Crippen LogP contribution in [0.4, 0.5) is 4.39 Å². The molecule has 0 aliphatic carbocycles. The van der Waals surface area contributed by atoms with Gasteiger partial charge in [-0.1, -0.05) is 13.0 Å². The molecule has 0 saturated carbocycles. The first-order chi connectivity index (χ1) is 8.78. The Balaban J connectivity index is 3.13. The molecule has 5 nitrogen and oxygen atoms in total. The molecule has 0 aromatic heterocycles. The molecule has 19 heavy (non-hydrogen) atoms. The molecule has 0 unspecified atom stereocenters. The highest BCUT2D eigenvalue weighted by atomic mass is 32.2. The lowest BCUT2D eigenvalue weighted by atomic mass is 10.2. The number of sulfonamides is 1. The predicted octanol–water partition coefficient (Wildman–Crippen LogP) is 1.62. The lowest BCUT2D eigenvalue weighted by Crippen LogP contribution is -2.33. The Morgan fingerprint density at radius 3 is 2.58 bits per heavy atom. The maximum Gasteiger partial charge on any atom is 0.304 e. The molecule has 0 aliphatic rings. The van der Waals surface area contributed by atoms with Crippen LogP contribution in [0, 0.1) is 12.7 Å². The van der Waals surface area contributed by atoms with Gasteiger partial charge in [0.1, 0.15) is 10.7 Å². The van der Waals surface area contributed by atoms with Crippen molar-refractivity contribution in [2.45, 2.75) is 25.2 Å². The zero-order chi connectivity index (χ0) is 14.6. The number of rotatable bonds is 6. The minimum absolute atomic E-state index is 0.0863. The van der Waals surface area contributed by atoms with E-state index in [4.69, 9.17) is 5.11 Å². The summed E-state index contributed by atoms with van der Waals surface area (Å²) in [5, 5.41) is 8.60. The second-order valence-electron chi connectivity index (χ2n) is 4.07. The van der Waals surface area contributed by atoms with E-state index in [1.807, 2.05) is 0 Å². The third-order valence-electron chi connectivity index (χ3n) is 2.63. The lowest BCUT2D eigenvalue weighted by molar-refractivity contribution is -0.137.